The molecule has 2 aromatic heterocycles. The molecule has 0 unspecified atom stereocenters. The van der Waals surface area contributed by atoms with Crippen molar-refractivity contribution in [3.05, 3.63) is 54.7 Å². The molecule has 0 atom stereocenters. The summed E-state index contributed by atoms with van der Waals surface area (Å²) >= 11 is 0. The predicted molar refractivity (Wildman–Crippen MR) is 135 cm³/mol. The number of ether oxygens (including phenoxy) is 1. The van der Waals surface area contributed by atoms with Crippen molar-refractivity contribution in [2.45, 2.75) is 26.4 Å². The summed E-state index contributed by atoms with van der Waals surface area (Å²) in [6.07, 6.45) is 1.36. The van der Waals surface area contributed by atoms with Crippen LogP contribution in [-0.2, 0) is 4.74 Å². The summed E-state index contributed by atoms with van der Waals surface area (Å²) in [5.41, 5.74) is 6.35. The predicted octanol–water partition coefficient (Wildman–Crippen LogP) is 4.61. The number of hydrogen-bond acceptors (Lipinski definition) is 7. The highest BCUT2D eigenvalue weighted by Gasteiger charge is 2.20. The van der Waals surface area contributed by atoms with Crippen LogP contribution in [0.2, 0.25) is 0 Å². The Balaban J connectivity index is 1.51. The first-order valence-corrected chi connectivity index (χ1v) is 11.6. The lowest BCUT2D eigenvalue weighted by atomic mass is 10.0. The molecular weight excluding hydrogens is 428 g/mol. The van der Waals surface area contributed by atoms with E-state index >= 15 is 0 Å². The van der Waals surface area contributed by atoms with Crippen molar-refractivity contribution >= 4 is 33.8 Å². The number of hydrazine groups is 1. The molecule has 0 amide bonds. The van der Waals surface area contributed by atoms with Gasteiger partial charge >= 0.3 is 6.09 Å². The molecule has 0 saturated carbocycles. The number of aromatic nitrogens is 3. The van der Waals surface area contributed by atoms with Crippen molar-refractivity contribution in [2.75, 3.05) is 38.7 Å². The Kier molecular flexibility index (Phi) is 5.71. The minimum Gasteiger partial charge on any atom is -0.443 e. The van der Waals surface area contributed by atoms with E-state index in [0.717, 1.165) is 59.2 Å². The lowest BCUT2D eigenvalue weighted by molar-refractivity contribution is 0.0544. The molecule has 0 aliphatic carbocycles. The third-order valence-electron chi connectivity index (χ3n) is 5.92. The van der Waals surface area contributed by atoms with E-state index in [1.54, 1.807) is 10.8 Å². The largest absolute Gasteiger partial charge is 0.443 e. The van der Waals surface area contributed by atoms with Gasteiger partial charge in [-0.2, -0.15) is 0 Å². The standard InChI is InChI=1S/C26H30N6O2/c1-26(2,3)34-25(33)32-12-11-18-17-19(9-10-22(18)32)23-20-7-5-6-8-21(20)27-24(28-23)29-31-15-13-30(4)14-16-31/h5-12,17H,13-16H2,1-4H3,(H,27,28,29). The maximum Gasteiger partial charge on any atom is 0.418 e. The minimum absolute atomic E-state index is 0.388. The average Bonchev–Trinajstić information content (AvgIpc) is 3.22. The summed E-state index contributed by atoms with van der Waals surface area (Å²) in [5.74, 6) is 0.588. The van der Waals surface area contributed by atoms with E-state index in [1.807, 2.05) is 63.2 Å². The van der Waals surface area contributed by atoms with Gasteiger partial charge in [-0.05, 0) is 52.1 Å². The second-order valence-electron chi connectivity index (χ2n) is 9.75. The van der Waals surface area contributed by atoms with Gasteiger partial charge in [0.25, 0.3) is 0 Å². The second kappa shape index (κ2) is 8.70. The van der Waals surface area contributed by atoms with Crippen molar-refractivity contribution in [3.63, 3.8) is 0 Å². The van der Waals surface area contributed by atoms with Gasteiger partial charge in [-0.15, -0.1) is 0 Å². The SMILES string of the molecule is CN1CCN(Nc2nc(-c3ccc4c(ccn4C(=O)OC(C)(C)C)c3)c3ccccc3n2)CC1. The lowest BCUT2D eigenvalue weighted by Crippen LogP contribution is -2.47. The molecule has 1 aliphatic rings. The van der Waals surface area contributed by atoms with E-state index in [4.69, 9.17) is 14.7 Å². The fourth-order valence-corrected chi connectivity index (χ4v) is 4.17. The monoisotopic (exact) mass is 458 g/mol. The van der Waals surface area contributed by atoms with E-state index in [1.165, 1.54) is 0 Å². The topological polar surface area (TPSA) is 75.5 Å². The van der Waals surface area contributed by atoms with Gasteiger partial charge in [-0.25, -0.2) is 19.8 Å². The molecule has 0 bridgehead atoms. The van der Waals surface area contributed by atoms with Crippen molar-refractivity contribution in [2.24, 2.45) is 0 Å². The van der Waals surface area contributed by atoms with Gasteiger partial charge in [0.05, 0.1) is 16.7 Å². The molecule has 176 valence electrons. The molecule has 34 heavy (non-hydrogen) atoms. The summed E-state index contributed by atoms with van der Waals surface area (Å²) in [6, 6.07) is 16.0. The van der Waals surface area contributed by atoms with Crippen LogP contribution >= 0.6 is 0 Å². The zero-order valence-corrected chi connectivity index (χ0v) is 20.1. The summed E-state index contributed by atoms with van der Waals surface area (Å²) in [6.45, 7) is 9.41. The van der Waals surface area contributed by atoms with Crippen molar-refractivity contribution < 1.29 is 9.53 Å². The number of fused-ring (bicyclic) bond motifs is 2. The van der Waals surface area contributed by atoms with E-state index in [2.05, 4.69) is 28.4 Å². The van der Waals surface area contributed by atoms with Crippen molar-refractivity contribution in [3.8, 4) is 11.3 Å². The smallest absolute Gasteiger partial charge is 0.418 e. The Morgan fingerprint density at radius 3 is 2.53 bits per heavy atom. The number of likely N-dealkylation sites (N-methyl/N-ethyl adjacent to an activating group) is 1. The van der Waals surface area contributed by atoms with Gasteiger partial charge in [-0.1, -0.05) is 24.3 Å². The Bertz CT molecular complexity index is 1350. The lowest BCUT2D eigenvalue weighted by Gasteiger charge is -2.32. The Morgan fingerprint density at radius 2 is 1.76 bits per heavy atom. The molecule has 2 aromatic carbocycles. The summed E-state index contributed by atoms with van der Waals surface area (Å²) < 4.78 is 7.09. The normalized spacial score (nSPS) is 15.6. The van der Waals surface area contributed by atoms with Gasteiger partial charge < -0.3 is 9.64 Å². The molecule has 8 nitrogen and oxygen atoms in total. The molecule has 0 spiro atoms. The first kappa shape index (κ1) is 22.3. The second-order valence-corrected chi connectivity index (χ2v) is 9.75. The maximum absolute atomic E-state index is 12.6. The molecule has 5 rings (SSSR count). The maximum atomic E-state index is 12.6. The molecule has 0 radical (unpaired) electrons. The first-order chi connectivity index (χ1) is 16.3. The number of para-hydroxylation sites is 1. The van der Waals surface area contributed by atoms with Crippen LogP contribution in [0.4, 0.5) is 10.7 Å². The quantitative estimate of drug-likeness (QED) is 0.480. The van der Waals surface area contributed by atoms with Crippen LogP contribution in [0.5, 0.6) is 0 Å². The highest BCUT2D eigenvalue weighted by molar-refractivity contribution is 5.97. The van der Waals surface area contributed by atoms with Crippen molar-refractivity contribution in [1.82, 2.24) is 24.4 Å². The van der Waals surface area contributed by atoms with E-state index in [9.17, 15) is 4.79 Å². The van der Waals surface area contributed by atoms with Gasteiger partial charge in [0.15, 0.2) is 0 Å². The van der Waals surface area contributed by atoms with Crippen LogP contribution in [0.15, 0.2) is 54.7 Å². The number of carbonyl (C=O) groups excluding carboxylic acids is 1. The van der Waals surface area contributed by atoms with Gasteiger partial charge in [0.2, 0.25) is 5.95 Å². The van der Waals surface area contributed by atoms with E-state index in [0.29, 0.717) is 5.95 Å². The van der Waals surface area contributed by atoms with Gasteiger partial charge in [-0.3, -0.25) is 9.99 Å². The number of hydrogen-bond donors (Lipinski definition) is 1. The van der Waals surface area contributed by atoms with Crippen LogP contribution in [0.3, 0.4) is 0 Å². The molecule has 1 fully saturated rings. The fraction of sp³-hybridized carbons (Fsp3) is 0.346. The number of carbonyl (C=O) groups is 1. The summed E-state index contributed by atoms with van der Waals surface area (Å²) in [5, 5.41) is 4.09. The third-order valence-corrected chi connectivity index (χ3v) is 5.92. The van der Waals surface area contributed by atoms with Crippen LogP contribution in [0.25, 0.3) is 33.1 Å². The number of anilines is 1. The Labute approximate surface area is 199 Å². The van der Waals surface area contributed by atoms with E-state index < -0.39 is 5.60 Å². The fourth-order valence-electron chi connectivity index (χ4n) is 4.17. The van der Waals surface area contributed by atoms with Crippen LogP contribution in [0, 0.1) is 0 Å². The summed E-state index contributed by atoms with van der Waals surface area (Å²) in [4.78, 5) is 24.6. The zero-order chi connectivity index (χ0) is 23.9. The molecule has 1 N–H and O–H groups in total. The zero-order valence-electron chi connectivity index (χ0n) is 20.1. The number of piperazine rings is 1. The van der Waals surface area contributed by atoms with Gasteiger partial charge in [0, 0.05) is 48.7 Å². The molecule has 8 heteroatoms. The highest BCUT2D eigenvalue weighted by atomic mass is 16.6. The number of nitrogens with one attached hydrogen (secondary N) is 1. The Hall–Kier alpha value is -3.49. The summed E-state index contributed by atoms with van der Waals surface area (Å²) in [7, 11) is 2.13. The van der Waals surface area contributed by atoms with E-state index in [-0.39, 0.29) is 6.09 Å². The number of nitrogens with zero attached hydrogens (tertiary/aromatic N) is 5. The van der Waals surface area contributed by atoms with Crippen LogP contribution in [0.1, 0.15) is 20.8 Å². The number of benzene rings is 2. The van der Waals surface area contributed by atoms with Crippen LogP contribution in [-0.4, -0.2) is 69.4 Å². The molecule has 1 aliphatic heterocycles. The average molecular weight is 459 g/mol. The molecular formula is C26H30N6O2. The Morgan fingerprint density at radius 1 is 1.00 bits per heavy atom. The van der Waals surface area contributed by atoms with Gasteiger partial charge in [0.1, 0.15) is 5.60 Å². The van der Waals surface area contributed by atoms with Crippen molar-refractivity contribution in [1.29, 1.82) is 0 Å². The molecule has 4 aromatic rings. The van der Waals surface area contributed by atoms with Crippen LogP contribution < -0.4 is 5.43 Å². The molecule has 3 heterocycles. The third kappa shape index (κ3) is 4.60. The molecule has 1 saturated heterocycles. The number of rotatable bonds is 3. The minimum atomic E-state index is -0.555. The highest BCUT2D eigenvalue weighted by Crippen LogP contribution is 2.30. The first-order valence-electron chi connectivity index (χ1n) is 11.6.